The van der Waals surface area contributed by atoms with Gasteiger partial charge in [0.2, 0.25) is 5.91 Å². The van der Waals surface area contributed by atoms with E-state index in [9.17, 15) is 9.90 Å². The smallest absolute Gasteiger partial charge is 0.219 e. The van der Waals surface area contributed by atoms with Crippen LogP contribution in [0.5, 0.6) is 0 Å². The number of hydrogen-bond donors (Lipinski definition) is 1. The molecule has 4 heteroatoms. The molecule has 1 saturated carbocycles. The van der Waals surface area contributed by atoms with Crippen molar-refractivity contribution in [3.8, 4) is 0 Å². The van der Waals surface area contributed by atoms with E-state index in [1.54, 1.807) is 6.92 Å². The molecule has 1 aliphatic carbocycles. The van der Waals surface area contributed by atoms with Gasteiger partial charge in [0.05, 0.1) is 5.60 Å². The van der Waals surface area contributed by atoms with Crippen molar-refractivity contribution in [1.29, 1.82) is 0 Å². The third-order valence-corrected chi connectivity index (χ3v) is 3.84. The van der Waals surface area contributed by atoms with Crippen molar-refractivity contribution in [2.75, 3.05) is 26.2 Å². The quantitative estimate of drug-likeness (QED) is 0.668. The van der Waals surface area contributed by atoms with E-state index in [2.05, 4.69) is 4.90 Å². The lowest BCUT2D eigenvalue weighted by atomic mass is 9.75. The third kappa shape index (κ3) is 2.01. The molecule has 2 rings (SSSR count). The molecule has 1 saturated heterocycles. The molecular formula is C11H20N2O2. The van der Waals surface area contributed by atoms with E-state index in [1.807, 2.05) is 11.8 Å². The van der Waals surface area contributed by atoms with Crippen LogP contribution in [0.2, 0.25) is 0 Å². The molecule has 1 aliphatic heterocycles. The van der Waals surface area contributed by atoms with Crippen LogP contribution in [0.1, 0.15) is 26.7 Å². The maximum Gasteiger partial charge on any atom is 0.219 e. The average molecular weight is 212 g/mol. The van der Waals surface area contributed by atoms with Crippen LogP contribution in [0.15, 0.2) is 0 Å². The van der Waals surface area contributed by atoms with Crippen LogP contribution in [0.4, 0.5) is 0 Å². The van der Waals surface area contributed by atoms with Gasteiger partial charge in [-0.25, -0.2) is 0 Å². The van der Waals surface area contributed by atoms with Crippen LogP contribution >= 0.6 is 0 Å². The van der Waals surface area contributed by atoms with Gasteiger partial charge in [-0.2, -0.15) is 0 Å². The van der Waals surface area contributed by atoms with Crippen LogP contribution in [0.3, 0.4) is 0 Å². The largest absolute Gasteiger partial charge is 0.389 e. The third-order valence-electron chi connectivity index (χ3n) is 3.84. The monoisotopic (exact) mass is 212 g/mol. The molecule has 0 bridgehead atoms. The molecule has 1 heterocycles. The zero-order valence-corrected chi connectivity index (χ0v) is 9.57. The van der Waals surface area contributed by atoms with Gasteiger partial charge in [-0.3, -0.25) is 9.69 Å². The molecule has 0 spiro atoms. The molecule has 0 aromatic heterocycles. The topological polar surface area (TPSA) is 43.8 Å². The summed E-state index contributed by atoms with van der Waals surface area (Å²) in [5, 5.41) is 9.98. The second-order valence-corrected chi connectivity index (χ2v) is 4.95. The first kappa shape index (κ1) is 10.9. The number of carbonyl (C=O) groups excluding carboxylic acids is 1. The van der Waals surface area contributed by atoms with E-state index in [0.29, 0.717) is 6.04 Å². The second-order valence-electron chi connectivity index (χ2n) is 4.95. The Morgan fingerprint density at radius 3 is 2.27 bits per heavy atom. The summed E-state index contributed by atoms with van der Waals surface area (Å²) >= 11 is 0. The van der Waals surface area contributed by atoms with Gasteiger partial charge in [0.15, 0.2) is 0 Å². The number of amides is 1. The molecule has 2 unspecified atom stereocenters. The van der Waals surface area contributed by atoms with E-state index in [0.717, 1.165) is 39.0 Å². The number of nitrogens with zero attached hydrogens (tertiary/aromatic N) is 2. The highest BCUT2D eigenvalue weighted by molar-refractivity contribution is 5.73. The van der Waals surface area contributed by atoms with Gasteiger partial charge in [0, 0.05) is 39.1 Å². The number of rotatable bonds is 1. The number of aliphatic hydroxyl groups is 1. The number of carbonyl (C=O) groups is 1. The zero-order chi connectivity index (χ0) is 11.1. The summed E-state index contributed by atoms with van der Waals surface area (Å²) in [6.45, 7) is 6.96. The molecule has 2 fully saturated rings. The van der Waals surface area contributed by atoms with Crippen molar-refractivity contribution in [2.24, 2.45) is 0 Å². The van der Waals surface area contributed by atoms with Gasteiger partial charge in [-0.05, 0) is 19.8 Å². The Labute approximate surface area is 90.9 Å². The Morgan fingerprint density at radius 2 is 1.93 bits per heavy atom. The molecule has 0 aromatic rings. The summed E-state index contributed by atoms with van der Waals surface area (Å²) in [6, 6.07) is 0.312. The predicted octanol–water partition coefficient (Wildman–Crippen LogP) is 0.0639. The molecule has 1 amide bonds. The Balaban J connectivity index is 1.86. The van der Waals surface area contributed by atoms with E-state index < -0.39 is 5.60 Å². The lowest BCUT2D eigenvalue weighted by Crippen LogP contribution is -2.62. The number of hydrogen-bond acceptors (Lipinski definition) is 3. The highest BCUT2D eigenvalue weighted by Gasteiger charge is 2.44. The van der Waals surface area contributed by atoms with E-state index in [1.165, 1.54) is 0 Å². The minimum Gasteiger partial charge on any atom is -0.389 e. The van der Waals surface area contributed by atoms with Gasteiger partial charge in [0.25, 0.3) is 0 Å². The molecular weight excluding hydrogens is 192 g/mol. The summed E-state index contributed by atoms with van der Waals surface area (Å²) in [4.78, 5) is 15.3. The van der Waals surface area contributed by atoms with Crippen LogP contribution in [0, 0.1) is 0 Å². The zero-order valence-electron chi connectivity index (χ0n) is 9.57. The predicted molar refractivity (Wildman–Crippen MR) is 57.5 cm³/mol. The second kappa shape index (κ2) is 3.76. The van der Waals surface area contributed by atoms with Crippen LogP contribution in [-0.4, -0.2) is 58.6 Å². The van der Waals surface area contributed by atoms with Crippen molar-refractivity contribution in [3.63, 3.8) is 0 Å². The number of piperazine rings is 1. The summed E-state index contributed by atoms with van der Waals surface area (Å²) in [6.07, 6.45) is 2.00. The van der Waals surface area contributed by atoms with Gasteiger partial charge in [0.1, 0.15) is 0 Å². The summed E-state index contributed by atoms with van der Waals surface area (Å²) in [5.74, 6) is 0.162. The Hall–Kier alpha value is -0.610. The lowest BCUT2D eigenvalue weighted by molar-refractivity contribution is -0.136. The lowest BCUT2D eigenvalue weighted by Gasteiger charge is -2.51. The van der Waals surface area contributed by atoms with Crippen LogP contribution in [-0.2, 0) is 4.79 Å². The summed E-state index contributed by atoms with van der Waals surface area (Å²) in [7, 11) is 0. The molecule has 1 N–H and O–H groups in total. The van der Waals surface area contributed by atoms with Gasteiger partial charge in [-0.15, -0.1) is 0 Å². The summed E-state index contributed by atoms with van der Waals surface area (Å²) < 4.78 is 0. The molecule has 86 valence electrons. The molecule has 2 atom stereocenters. The van der Waals surface area contributed by atoms with E-state index in [4.69, 9.17) is 0 Å². The molecule has 0 aromatic carbocycles. The maximum absolute atomic E-state index is 11.1. The van der Waals surface area contributed by atoms with Gasteiger partial charge in [-0.1, -0.05) is 0 Å². The first-order valence-electron chi connectivity index (χ1n) is 5.72. The van der Waals surface area contributed by atoms with E-state index >= 15 is 0 Å². The maximum atomic E-state index is 11.1. The molecule has 4 nitrogen and oxygen atoms in total. The van der Waals surface area contributed by atoms with Crippen LogP contribution in [0.25, 0.3) is 0 Å². The van der Waals surface area contributed by atoms with Gasteiger partial charge >= 0.3 is 0 Å². The molecule has 15 heavy (non-hydrogen) atoms. The Morgan fingerprint density at radius 1 is 1.33 bits per heavy atom. The highest BCUT2D eigenvalue weighted by atomic mass is 16.3. The fraction of sp³-hybridized carbons (Fsp3) is 0.909. The highest BCUT2D eigenvalue weighted by Crippen LogP contribution is 2.36. The summed E-state index contributed by atoms with van der Waals surface area (Å²) in [5.41, 5.74) is -0.502. The first-order valence-corrected chi connectivity index (χ1v) is 5.72. The van der Waals surface area contributed by atoms with Crippen molar-refractivity contribution < 1.29 is 9.90 Å². The Kier molecular flexibility index (Phi) is 2.73. The van der Waals surface area contributed by atoms with Gasteiger partial charge < -0.3 is 10.0 Å². The fourth-order valence-corrected chi connectivity index (χ4v) is 2.62. The van der Waals surface area contributed by atoms with Crippen LogP contribution < -0.4 is 0 Å². The van der Waals surface area contributed by atoms with E-state index in [-0.39, 0.29) is 5.91 Å². The van der Waals surface area contributed by atoms with Crippen molar-refractivity contribution in [1.82, 2.24) is 9.80 Å². The Bertz CT molecular complexity index is 257. The standard InChI is InChI=1S/C11H20N2O2/c1-9(14)12-5-7-13(8-6-12)10-3-4-11(10,2)15/h10,15H,3-8H2,1-2H3. The normalized spacial score (nSPS) is 37.5. The first-order chi connectivity index (χ1) is 7.00. The van der Waals surface area contributed by atoms with Crippen molar-refractivity contribution in [2.45, 2.75) is 38.3 Å². The van der Waals surface area contributed by atoms with Crippen molar-refractivity contribution >= 4 is 5.91 Å². The SMILES string of the molecule is CC(=O)N1CCN(C2CCC2(C)O)CC1. The molecule has 0 radical (unpaired) electrons. The average Bonchev–Trinajstić information content (AvgIpc) is 2.17. The van der Waals surface area contributed by atoms with Crippen molar-refractivity contribution in [3.05, 3.63) is 0 Å². The fourth-order valence-electron chi connectivity index (χ4n) is 2.62. The minimum atomic E-state index is -0.502. The minimum absolute atomic E-state index is 0.162. The molecule has 2 aliphatic rings.